The third-order valence-electron chi connectivity index (χ3n) is 4.25. The molecule has 0 bridgehead atoms. The van der Waals surface area contributed by atoms with Gasteiger partial charge in [0.15, 0.2) is 0 Å². The van der Waals surface area contributed by atoms with Gasteiger partial charge in [-0.05, 0) is 42.7 Å². The molecule has 4 nitrogen and oxygen atoms in total. The predicted octanol–water partition coefficient (Wildman–Crippen LogP) is 4.03. The van der Waals surface area contributed by atoms with E-state index in [1.807, 2.05) is 36.4 Å². The molecule has 1 atom stereocenters. The lowest BCUT2D eigenvalue weighted by Gasteiger charge is -2.13. The van der Waals surface area contributed by atoms with E-state index in [0.717, 1.165) is 48.5 Å². The standard InChI is InChI=1S/C20H25N3O/c1-2-3-12-24-17-10-8-15(9-11-17)13-16(14-21)20-22-18-6-4-5-7-19(18)23-20/h4-11,16H,2-3,12-14,21H2,1H3,(H,22,23). The average Bonchev–Trinajstić information content (AvgIpc) is 3.05. The van der Waals surface area contributed by atoms with E-state index in [9.17, 15) is 0 Å². The molecule has 0 fully saturated rings. The summed E-state index contributed by atoms with van der Waals surface area (Å²) >= 11 is 0. The minimum absolute atomic E-state index is 0.184. The Morgan fingerprint density at radius 3 is 2.62 bits per heavy atom. The lowest BCUT2D eigenvalue weighted by atomic mass is 9.99. The van der Waals surface area contributed by atoms with E-state index in [2.05, 4.69) is 29.0 Å². The Kier molecular flexibility index (Phi) is 5.49. The Hall–Kier alpha value is -2.33. The van der Waals surface area contributed by atoms with Crippen molar-refractivity contribution in [3.8, 4) is 5.75 Å². The smallest absolute Gasteiger partial charge is 0.119 e. The van der Waals surface area contributed by atoms with E-state index in [1.165, 1.54) is 5.56 Å². The third kappa shape index (κ3) is 3.95. The molecule has 3 aromatic rings. The number of fused-ring (bicyclic) bond motifs is 1. The van der Waals surface area contributed by atoms with Gasteiger partial charge in [-0.2, -0.15) is 0 Å². The van der Waals surface area contributed by atoms with Gasteiger partial charge in [0.1, 0.15) is 11.6 Å². The van der Waals surface area contributed by atoms with Crippen molar-refractivity contribution < 1.29 is 4.74 Å². The van der Waals surface area contributed by atoms with Gasteiger partial charge in [-0.25, -0.2) is 4.98 Å². The maximum atomic E-state index is 6.00. The summed E-state index contributed by atoms with van der Waals surface area (Å²) in [5.41, 5.74) is 9.30. The molecule has 0 aliphatic carbocycles. The van der Waals surface area contributed by atoms with Crippen LogP contribution in [-0.4, -0.2) is 23.1 Å². The predicted molar refractivity (Wildman–Crippen MR) is 98.4 cm³/mol. The second kappa shape index (κ2) is 7.97. The van der Waals surface area contributed by atoms with Crippen molar-refractivity contribution >= 4 is 11.0 Å². The molecule has 0 saturated carbocycles. The molecule has 1 unspecified atom stereocenters. The van der Waals surface area contributed by atoms with Crippen LogP contribution in [0.5, 0.6) is 5.75 Å². The van der Waals surface area contributed by atoms with Crippen LogP contribution in [0.1, 0.15) is 37.1 Å². The highest BCUT2D eigenvalue weighted by Crippen LogP contribution is 2.22. The average molecular weight is 323 g/mol. The Labute approximate surface area is 143 Å². The maximum absolute atomic E-state index is 6.00. The van der Waals surface area contributed by atoms with Crippen LogP contribution in [0.2, 0.25) is 0 Å². The fourth-order valence-electron chi connectivity index (χ4n) is 2.80. The normalized spacial score (nSPS) is 12.4. The fourth-order valence-corrected chi connectivity index (χ4v) is 2.80. The van der Waals surface area contributed by atoms with Crippen LogP contribution in [0.4, 0.5) is 0 Å². The number of hydrogen-bond donors (Lipinski definition) is 2. The second-order valence-electron chi connectivity index (χ2n) is 6.12. The number of ether oxygens (including phenoxy) is 1. The van der Waals surface area contributed by atoms with Crippen molar-refractivity contribution in [1.82, 2.24) is 9.97 Å². The van der Waals surface area contributed by atoms with E-state index in [0.29, 0.717) is 6.54 Å². The molecule has 0 aliphatic heterocycles. The number of rotatable bonds is 8. The Balaban J connectivity index is 1.68. The monoisotopic (exact) mass is 323 g/mol. The number of imidazole rings is 1. The van der Waals surface area contributed by atoms with Gasteiger partial charge in [-0.15, -0.1) is 0 Å². The van der Waals surface area contributed by atoms with Crippen LogP contribution in [0.25, 0.3) is 11.0 Å². The van der Waals surface area contributed by atoms with Crippen LogP contribution in [0.15, 0.2) is 48.5 Å². The van der Waals surface area contributed by atoms with Crippen LogP contribution in [0, 0.1) is 0 Å². The number of benzene rings is 2. The highest BCUT2D eigenvalue weighted by atomic mass is 16.5. The topological polar surface area (TPSA) is 63.9 Å². The van der Waals surface area contributed by atoms with Crippen molar-refractivity contribution in [3.63, 3.8) is 0 Å². The summed E-state index contributed by atoms with van der Waals surface area (Å²) in [6.07, 6.45) is 3.10. The molecule has 0 amide bonds. The molecule has 2 aromatic carbocycles. The zero-order valence-electron chi connectivity index (χ0n) is 14.2. The summed E-state index contributed by atoms with van der Waals surface area (Å²) in [4.78, 5) is 8.08. The zero-order chi connectivity index (χ0) is 16.8. The van der Waals surface area contributed by atoms with Gasteiger partial charge in [0, 0.05) is 12.5 Å². The second-order valence-corrected chi connectivity index (χ2v) is 6.12. The first-order valence-corrected chi connectivity index (χ1v) is 8.66. The van der Waals surface area contributed by atoms with Gasteiger partial charge in [-0.1, -0.05) is 37.6 Å². The van der Waals surface area contributed by atoms with Crippen molar-refractivity contribution in [2.24, 2.45) is 5.73 Å². The SMILES string of the molecule is CCCCOc1ccc(CC(CN)c2nc3ccccc3[nH]2)cc1. The number of H-pyrrole nitrogens is 1. The van der Waals surface area contributed by atoms with E-state index in [-0.39, 0.29) is 5.92 Å². The summed E-state index contributed by atoms with van der Waals surface area (Å²) in [7, 11) is 0. The quantitative estimate of drug-likeness (QED) is 0.615. The molecule has 0 spiro atoms. The van der Waals surface area contributed by atoms with E-state index in [4.69, 9.17) is 10.5 Å². The minimum atomic E-state index is 0.184. The Morgan fingerprint density at radius 1 is 1.12 bits per heavy atom. The number of nitrogens with zero attached hydrogens (tertiary/aromatic N) is 1. The molecule has 3 N–H and O–H groups in total. The van der Waals surface area contributed by atoms with Crippen LogP contribution >= 0.6 is 0 Å². The summed E-state index contributed by atoms with van der Waals surface area (Å²) in [6, 6.07) is 16.4. The van der Waals surface area contributed by atoms with Crippen molar-refractivity contribution in [1.29, 1.82) is 0 Å². The first-order chi connectivity index (χ1) is 11.8. The zero-order valence-corrected chi connectivity index (χ0v) is 14.2. The highest BCUT2D eigenvalue weighted by molar-refractivity contribution is 5.74. The molecule has 1 aromatic heterocycles. The number of aromatic amines is 1. The number of nitrogens with two attached hydrogens (primary N) is 1. The third-order valence-corrected chi connectivity index (χ3v) is 4.25. The number of hydrogen-bond acceptors (Lipinski definition) is 3. The first kappa shape index (κ1) is 16.5. The number of nitrogens with one attached hydrogen (secondary N) is 1. The van der Waals surface area contributed by atoms with Crippen molar-refractivity contribution in [2.45, 2.75) is 32.1 Å². The maximum Gasteiger partial charge on any atom is 0.119 e. The summed E-state index contributed by atoms with van der Waals surface area (Å²) in [5, 5.41) is 0. The van der Waals surface area contributed by atoms with Crippen LogP contribution in [0.3, 0.4) is 0 Å². The molecule has 4 heteroatoms. The van der Waals surface area contributed by atoms with Crippen molar-refractivity contribution in [2.75, 3.05) is 13.2 Å². The molecule has 24 heavy (non-hydrogen) atoms. The minimum Gasteiger partial charge on any atom is -0.494 e. The van der Waals surface area contributed by atoms with Gasteiger partial charge in [-0.3, -0.25) is 0 Å². The van der Waals surface area contributed by atoms with Gasteiger partial charge >= 0.3 is 0 Å². The molecular formula is C20H25N3O. The number of aromatic nitrogens is 2. The molecule has 0 saturated heterocycles. The van der Waals surface area contributed by atoms with E-state index >= 15 is 0 Å². The lowest BCUT2D eigenvalue weighted by Crippen LogP contribution is -2.16. The molecule has 3 rings (SSSR count). The van der Waals surface area contributed by atoms with Gasteiger partial charge in [0.2, 0.25) is 0 Å². The van der Waals surface area contributed by atoms with Crippen molar-refractivity contribution in [3.05, 3.63) is 59.9 Å². The van der Waals surface area contributed by atoms with Gasteiger partial charge < -0.3 is 15.5 Å². The largest absolute Gasteiger partial charge is 0.494 e. The molecule has 1 heterocycles. The summed E-state index contributed by atoms with van der Waals surface area (Å²) in [5.74, 6) is 2.08. The molecule has 0 aliphatic rings. The highest BCUT2D eigenvalue weighted by Gasteiger charge is 2.15. The van der Waals surface area contributed by atoms with Gasteiger partial charge in [0.05, 0.1) is 17.6 Å². The molecular weight excluding hydrogens is 298 g/mol. The first-order valence-electron chi connectivity index (χ1n) is 8.66. The number of para-hydroxylation sites is 2. The molecule has 126 valence electrons. The van der Waals surface area contributed by atoms with Gasteiger partial charge in [0.25, 0.3) is 0 Å². The summed E-state index contributed by atoms with van der Waals surface area (Å²) in [6.45, 7) is 3.51. The summed E-state index contributed by atoms with van der Waals surface area (Å²) < 4.78 is 5.71. The van der Waals surface area contributed by atoms with Crippen LogP contribution in [-0.2, 0) is 6.42 Å². The molecule has 0 radical (unpaired) electrons. The van der Waals surface area contributed by atoms with E-state index < -0.39 is 0 Å². The number of unbranched alkanes of at least 4 members (excludes halogenated alkanes) is 1. The Morgan fingerprint density at radius 2 is 1.92 bits per heavy atom. The lowest BCUT2D eigenvalue weighted by molar-refractivity contribution is 0.309. The van der Waals surface area contributed by atoms with E-state index in [1.54, 1.807) is 0 Å². The van der Waals surface area contributed by atoms with Crippen LogP contribution < -0.4 is 10.5 Å². The Bertz CT molecular complexity index is 731. The fraction of sp³-hybridized carbons (Fsp3) is 0.350.